The number of piperazine rings is 1. The minimum Gasteiger partial charge on any atom is -0.365 e. The molecule has 4 rings (SSSR count). The van der Waals surface area contributed by atoms with E-state index in [0.29, 0.717) is 31.2 Å². The van der Waals surface area contributed by atoms with Gasteiger partial charge in [0.25, 0.3) is 0 Å². The molecule has 2 aromatic carbocycles. The van der Waals surface area contributed by atoms with E-state index in [1.165, 1.54) is 6.07 Å². The fourth-order valence-electron chi connectivity index (χ4n) is 4.06. The molecule has 7 heteroatoms. The summed E-state index contributed by atoms with van der Waals surface area (Å²) in [7, 11) is 0. The number of anilines is 1. The number of carbonyl (C=O) groups is 1. The molecule has 2 heterocycles. The Hall–Kier alpha value is -2.86. The zero-order valence-electron chi connectivity index (χ0n) is 17.1. The van der Waals surface area contributed by atoms with E-state index in [2.05, 4.69) is 11.8 Å². The van der Waals surface area contributed by atoms with Gasteiger partial charge in [0.15, 0.2) is 0 Å². The molecule has 1 fully saturated rings. The van der Waals surface area contributed by atoms with Crippen LogP contribution in [0.2, 0.25) is 5.02 Å². The van der Waals surface area contributed by atoms with Gasteiger partial charge in [-0.2, -0.15) is 5.10 Å². The van der Waals surface area contributed by atoms with Crippen molar-refractivity contribution in [3.8, 4) is 5.69 Å². The average Bonchev–Trinajstić information content (AvgIpc) is 3.05. The predicted octanol–water partition coefficient (Wildman–Crippen LogP) is 4.17. The van der Waals surface area contributed by atoms with Crippen molar-refractivity contribution in [2.75, 3.05) is 31.1 Å². The van der Waals surface area contributed by atoms with Gasteiger partial charge in [0.2, 0.25) is 5.91 Å². The van der Waals surface area contributed by atoms with Crippen LogP contribution in [0.3, 0.4) is 0 Å². The number of carbonyl (C=O) groups excluding carboxylic acids is 1. The van der Waals surface area contributed by atoms with Gasteiger partial charge >= 0.3 is 0 Å². The topological polar surface area (TPSA) is 41.4 Å². The highest BCUT2D eigenvalue weighted by atomic mass is 35.5. The molecule has 3 aromatic rings. The summed E-state index contributed by atoms with van der Waals surface area (Å²) in [5, 5.41) is 5.02. The minimum atomic E-state index is -0.436. The summed E-state index contributed by atoms with van der Waals surface area (Å²) in [6.45, 7) is 6.66. The quantitative estimate of drug-likeness (QED) is 0.628. The van der Waals surface area contributed by atoms with Crippen molar-refractivity contribution in [1.82, 2.24) is 14.7 Å². The first-order valence-electron chi connectivity index (χ1n) is 10.0. The van der Waals surface area contributed by atoms with E-state index in [1.807, 2.05) is 41.9 Å². The Morgan fingerprint density at radius 2 is 1.73 bits per heavy atom. The maximum absolute atomic E-state index is 14.0. The first-order chi connectivity index (χ1) is 14.5. The fourth-order valence-corrected chi connectivity index (χ4v) is 4.29. The van der Waals surface area contributed by atoms with Gasteiger partial charge in [-0.25, -0.2) is 9.07 Å². The predicted molar refractivity (Wildman–Crippen MR) is 117 cm³/mol. The van der Waals surface area contributed by atoms with E-state index in [0.717, 1.165) is 22.8 Å². The Bertz CT molecular complexity index is 1040. The second-order valence-corrected chi connectivity index (χ2v) is 7.92. The van der Waals surface area contributed by atoms with Gasteiger partial charge in [-0.3, -0.25) is 4.79 Å². The molecule has 30 heavy (non-hydrogen) atoms. The second-order valence-electron chi connectivity index (χ2n) is 7.51. The summed E-state index contributed by atoms with van der Waals surface area (Å²) in [4.78, 5) is 16.8. The third kappa shape index (κ3) is 3.92. The van der Waals surface area contributed by atoms with Crippen LogP contribution in [0.25, 0.3) is 5.69 Å². The SMILES string of the molecule is Cc1nn(-c2ccccc2)c(C)c1N1CCN(C(=O)Cc2c(F)cccc2Cl)CC1. The van der Waals surface area contributed by atoms with E-state index in [1.54, 1.807) is 17.0 Å². The largest absolute Gasteiger partial charge is 0.365 e. The van der Waals surface area contributed by atoms with Gasteiger partial charge in [-0.1, -0.05) is 35.9 Å². The summed E-state index contributed by atoms with van der Waals surface area (Å²) in [5.74, 6) is -0.538. The monoisotopic (exact) mass is 426 g/mol. The molecule has 156 valence electrons. The van der Waals surface area contributed by atoms with Crippen LogP contribution in [-0.2, 0) is 11.2 Å². The van der Waals surface area contributed by atoms with Crippen LogP contribution in [0.1, 0.15) is 17.0 Å². The highest BCUT2D eigenvalue weighted by molar-refractivity contribution is 6.31. The second kappa shape index (κ2) is 8.48. The van der Waals surface area contributed by atoms with Crippen molar-refractivity contribution in [2.45, 2.75) is 20.3 Å². The molecular weight excluding hydrogens is 403 g/mol. The van der Waals surface area contributed by atoms with E-state index < -0.39 is 5.82 Å². The smallest absolute Gasteiger partial charge is 0.227 e. The maximum Gasteiger partial charge on any atom is 0.227 e. The van der Waals surface area contributed by atoms with E-state index >= 15 is 0 Å². The van der Waals surface area contributed by atoms with Gasteiger partial charge in [0.05, 0.1) is 29.2 Å². The highest BCUT2D eigenvalue weighted by Gasteiger charge is 2.26. The van der Waals surface area contributed by atoms with Crippen LogP contribution in [0.15, 0.2) is 48.5 Å². The van der Waals surface area contributed by atoms with Crippen molar-refractivity contribution in [3.63, 3.8) is 0 Å². The standard InChI is InChI=1S/C23H24ClFN4O/c1-16-23(17(2)29(26-16)18-7-4-3-5-8-18)28-13-11-27(12-14-28)22(30)15-19-20(24)9-6-10-21(19)25/h3-10H,11-15H2,1-2H3. The minimum absolute atomic E-state index is 0.0184. The summed E-state index contributed by atoms with van der Waals surface area (Å²) in [6, 6.07) is 14.5. The number of amides is 1. The van der Waals surface area contributed by atoms with Crippen molar-refractivity contribution in [1.29, 1.82) is 0 Å². The zero-order valence-corrected chi connectivity index (χ0v) is 17.9. The van der Waals surface area contributed by atoms with Crippen molar-refractivity contribution in [2.24, 2.45) is 0 Å². The molecule has 1 aliphatic heterocycles. The molecular formula is C23H24ClFN4O. The average molecular weight is 427 g/mol. The molecule has 1 amide bonds. The summed E-state index contributed by atoms with van der Waals surface area (Å²) in [5.41, 5.74) is 4.45. The summed E-state index contributed by atoms with van der Waals surface area (Å²) >= 11 is 6.08. The molecule has 1 aromatic heterocycles. The Labute approximate surface area is 180 Å². The summed E-state index contributed by atoms with van der Waals surface area (Å²) in [6.07, 6.45) is -0.0184. The molecule has 0 bridgehead atoms. The lowest BCUT2D eigenvalue weighted by atomic mass is 10.1. The number of halogens is 2. The normalized spacial score (nSPS) is 14.3. The molecule has 0 radical (unpaired) electrons. The molecule has 0 saturated carbocycles. The number of nitrogens with zero attached hydrogens (tertiary/aromatic N) is 4. The number of rotatable bonds is 4. The number of aryl methyl sites for hydroxylation is 1. The lowest BCUT2D eigenvalue weighted by Gasteiger charge is -2.36. The van der Waals surface area contributed by atoms with Crippen LogP contribution in [0, 0.1) is 19.7 Å². The van der Waals surface area contributed by atoms with E-state index in [-0.39, 0.29) is 17.9 Å². The van der Waals surface area contributed by atoms with Gasteiger partial charge in [-0.05, 0) is 38.1 Å². The Kier molecular flexibility index (Phi) is 5.77. The number of benzene rings is 2. The molecule has 5 nitrogen and oxygen atoms in total. The Balaban J connectivity index is 1.45. The first kappa shape index (κ1) is 20.4. The highest BCUT2D eigenvalue weighted by Crippen LogP contribution is 2.28. The van der Waals surface area contributed by atoms with Crippen LogP contribution in [0.5, 0.6) is 0 Å². The van der Waals surface area contributed by atoms with Crippen LogP contribution in [0.4, 0.5) is 10.1 Å². The molecule has 0 unspecified atom stereocenters. The van der Waals surface area contributed by atoms with Crippen molar-refractivity contribution in [3.05, 3.63) is 76.3 Å². The molecule has 0 spiro atoms. The Morgan fingerprint density at radius 1 is 1.03 bits per heavy atom. The van der Waals surface area contributed by atoms with Crippen molar-refractivity contribution >= 4 is 23.2 Å². The molecule has 1 aliphatic rings. The number of hydrogen-bond donors (Lipinski definition) is 0. The van der Waals surface area contributed by atoms with Gasteiger partial charge in [-0.15, -0.1) is 0 Å². The van der Waals surface area contributed by atoms with E-state index in [9.17, 15) is 9.18 Å². The van der Waals surface area contributed by atoms with E-state index in [4.69, 9.17) is 16.7 Å². The van der Waals surface area contributed by atoms with Gasteiger partial charge in [0, 0.05) is 36.8 Å². The molecule has 0 atom stereocenters. The molecule has 1 saturated heterocycles. The van der Waals surface area contributed by atoms with Crippen LogP contribution in [-0.4, -0.2) is 46.8 Å². The van der Waals surface area contributed by atoms with Gasteiger partial charge in [0.1, 0.15) is 5.82 Å². The maximum atomic E-state index is 14.0. The Morgan fingerprint density at radius 3 is 2.40 bits per heavy atom. The van der Waals surface area contributed by atoms with Gasteiger partial charge < -0.3 is 9.80 Å². The first-order valence-corrected chi connectivity index (χ1v) is 10.4. The summed E-state index contributed by atoms with van der Waals surface area (Å²) < 4.78 is 16.0. The lowest BCUT2D eigenvalue weighted by molar-refractivity contribution is -0.130. The third-order valence-corrected chi connectivity index (χ3v) is 5.95. The van der Waals surface area contributed by atoms with Crippen molar-refractivity contribution < 1.29 is 9.18 Å². The zero-order chi connectivity index (χ0) is 21.3. The molecule has 0 N–H and O–H groups in total. The van der Waals surface area contributed by atoms with Crippen LogP contribution < -0.4 is 4.90 Å². The number of hydrogen-bond acceptors (Lipinski definition) is 3. The fraction of sp³-hybridized carbons (Fsp3) is 0.304. The molecule has 0 aliphatic carbocycles. The third-order valence-electron chi connectivity index (χ3n) is 5.59. The lowest BCUT2D eigenvalue weighted by Crippen LogP contribution is -2.49. The van der Waals surface area contributed by atoms with Crippen LogP contribution >= 0.6 is 11.6 Å². The number of aromatic nitrogens is 2. The number of para-hydroxylation sites is 1.